The number of benzene rings is 3. The second-order valence-electron chi connectivity index (χ2n) is 6.93. The molecule has 0 saturated heterocycles. The second kappa shape index (κ2) is 9.89. The zero-order chi connectivity index (χ0) is 22.5. The third kappa shape index (κ3) is 4.79. The van der Waals surface area contributed by atoms with Gasteiger partial charge in [0.15, 0.2) is 11.0 Å². The third-order valence-corrected chi connectivity index (χ3v) is 6.05. The Hall–Kier alpha value is -3.29. The SMILES string of the molecule is COc1cccc(-c2nnc(SCC(=O)N(C)c3ccccc3)n2-c2ccc(Cl)cc2)c1. The number of carbonyl (C=O) groups is 1. The van der Waals surface area contributed by atoms with Crippen LogP contribution in [0.2, 0.25) is 5.02 Å². The number of halogens is 1. The Morgan fingerprint density at radius 1 is 1.03 bits per heavy atom. The second-order valence-corrected chi connectivity index (χ2v) is 8.31. The first-order valence-electron chi connectivity index (χ1n) is 9.87. The highest BCUT2D eigenvalue weighted by atomic mass is 35.5. The molecule has 1 heterocycles. The maximum Gasteiger partial charge on any atom is 0.237 e. The van der Waals surface area contributed by atoms with E-state index < -0.39 is 0 Å². The fraction of sp³-hybridized carbons (Fsp3) is 0.125. The highest BCUT2D eigenvalue weighted by molar-refractivity contribution is 7.99. The fourth-order valence-corrected chi connectivity index (χ4v) is 4.15. The molecule has 8 heteroatoms. The van der Waals surface area contributed by atoms with E-state index in [0.29, 0.717) is 16.0 Å². The van der Waals surface area contributed by atoms with Gasteiger partial charge in [0.25, 0.3) is 0 Å². The molecule has 0 spiro atoms. The summed E-state index contributed by atoms with van der Waals surface area (Å²) in [5.74, 6) is 1.56. The number of para-hydroxylation sites is 1. The highest BCUT2D eigenvalue weighted by Gasteiger charge is 2.19. The number of ether oxygens (including phenoxy) is 1. The predicted molar refractivity (Wildman–Crippen MR) is 129 cm³/mol. The van der Waals surface area contributed by atoms with Crippen molar-refractivity contribution in [1.82, 2.24) is 14.8 Å². The number of hydrogen-bond donors (Lipinski definition) is 0. The number of rotatable bonds is 7. The molecule has 4 rings (SSSR count). The van der Waals surface area contributed by atoms with Gasteiger partial charge in [0.05, 0.1) is 12.9 Å². The van der Waals surface area contributed by atoms with Crippen LogP contribution in [0.4, 0.5) is 5.69 Å². The van der Waals surface area contributed by atoms with Crippen molar-refractivity contribution in [3.05, 3.63) is 83.9 Å². The molecule has 0 aliphatic carbocycles. The first-order valence-corrected chi connectivity index (χ1v) is 11.2. The van der Waals surface area contributed by atoms with Crippen LogP contribution in [0.1, 0.15) is 0 Å². The molecule has 0 N–H and O–H groups in total. The molecular weight excluding hydrogens is 444 g/mol. The van der Waals surface area contributed by atoms with Gasteiger partial charge in [0, 0.05) is 29.0 Å². The van der Waals surface area contributed by atoms with Crippen molar-refractivity contribution in [3.8, 4) is 22.8 Å². The molecule has 162 valence electrons. The molecule has 0 aliphatic heterocycles. The summed E-state index contributed by atoms with van der Waals surface area (Å²) in [4.78, 5) is 14.4. The maximum absolute atomic E-state index is 12.8. The van der Waals surface area contributed by atoms with E-state index in [2.05, 4.69) is 10.2 Å². The van der Waals surface area contributed by atoms with Gasteiger partial charge < -0.3 is 9.64 Å². The zero-order valence-corrected chi connectivity index (χ0v) is 19.2. The molecule has 3 aromatic carbocycles. The van der Waals surface area contributed by atoms with Crippen LogP contribution in [-0.4, -0.2) is 40.6 Å². The van der Waals surface area contributed by atoms with E-state index in [-0.39, 0.29) is 11.7 Å². The van der Waals surface area contributed by atoms with Crippen LogP contribution in [0, 0.1) is 0 Å². The van der Waals surface area contributed by atoms with Crippen molar-refractivity contribution in [2.75, 3.05) is 24.8 Å². The summed E-state index contributed by atoms with van der Waals surface area (Å²) in [5.41, 5.74) is 2.55. The number of aromatic nitrogens is 3. The van der Waals surface area contributed by atoms with Crippen molar-refractivity contribution < 1.29 is 9.53 Å². The molecule has 0 aliphatic rings. The Kier molecular flexibility index (Phi) is 6.78. The van der Waals surface area contributed by atoms with Crippen LogP contribution < -0.4 is 9.64 Å². The molecule has 1 amide bonds. The number of thioether (sulfide) groups is 1. The monoisotopic (exact) mass is 464 g/mol. The lowest BCUT2D eigenvalue weighted by atomic mass is 10.2. The number of nitrogens with zero attached hydrogens (tertiary/aromatic N) is 4. The van der Waals surface area contributed by atoms with Crippen LogP contribution in [0.5, 0.6) is 5.75 Å². The van der Waals surface area contributed by atoms with Gasteiger partial charge in [0.1, 0.15) is 5.75 Å². The predicted octanol–water partition coefficient (Wildman–Crippen LogP) is 5.35. The summed E-state index contributed by atoms with van der Waals surface area (Å²) in [6.07, 6.45) is 0. The fourth-order valence-electron chi connectivity index (χ4n) is 3.15. The van der Waals surface area contributed by atoms with Gasteiger partial charge >= 0.3 is 0 Å². The van der Waals surface area contributed by atoms with Gasteiger partial charge in [-0.15, -0.1) is 10.2 Å². The molecule has 0 atom stereocenters. The average molecular weight is 465 g/mol. The van der Waals surface area contributed by atoms with Gasteiger partial charge in [-0.05, 0) is 48.5 Å². The van der Waals surface area contributed by atoms with Crippen molar-refractivity contribution in [1.29, 1.82) is 0 Å². The minimum atomic E-state index is -0.0326. The molecular formula is C24H21ClN4O2S. The summed E-state index contributed by atoms with van der Waals surface area (Å²) in [6, 6.07) is 24.6. The maximum atomic E-state index is 12.8. The van der Waals surface area contributed by atoms with Gasteiger partial charge in [-0.3, -0.25) is 9.36 Å². The lowest BCUT2D eigenvalue weighted by Gasteiger charge is -2.17. The van der Waals surface area contributed by atoms with Gasteiger partial charge in [-0.1, -0.05) is 53.7 Å². The van der Waals surface area contributed by atoms with Crippen molar-refractivity contribution >= 4 is 35.0 Å². The Bertz CT molecular complexity index is 1210. The molecule has 1 aromatic heterocycles. The molecule has 6 nitrogen and oxygen atoms in total. The van der Waals surface area contributed by atoms with Gasteiger partial charge in [-0.2, -0.15) is 0 Å². The van der Waals surface area contributed by atoms with Crippen LogP contribution in [0.3, 0.4) is 0 Å². The molecule has 4 aromatic rings. The molecule has 0 saturated carbocycles. The standard InChI is InChI=1S/C24H21ClN4O2S/c1-28(19-8-4-3-5-9-19)22(30)16-32-24-27-26-23(17-7-6-10-21(15-17)31-2)29(24)20-13-11-18(25)12-14-20/h3-15H,16H2,1-2H3. The van der Waals surface area contributed by atoms with E-state index in [1.165, 1.54) is 11.8 Å². The smallest absolute Gasteiger partial charge is 0.237 e. The Morgan fingerprint density at radius 3 is 2.50 bits per heavy atom. The molecule has 32 heavy (non-hydrogen) atoms. The molecule has 0 unspecified atom stereocenters. The van der Waals surface area contributed by atoms with E-state index >= 15 is 0 Å². The molecule has 0 radical (unpaired) electrons. The van der Waals surface area contributed by atoms with Crippen molar-refractivity contribution in [2.24, 2.45) is 0 Å². The van der Waals surface area contributed by atoms with E-state index in [0.717, 1.165) is 22.7 Å². The Labute approximate surface area is 195 Å². The lowest BCUT2D eigenvalue weighted by molar-refractivity contribution is -0.115. The topological polar surface area (TPSA) is 60.3 Å². The van der Waals surface area contributed by atoms with E-state index in [9.17, 15) is 4.79 Å². The number of hydrogen-bond acceptors (Lipinski definition) is 5. The minimum absolute atomic E-state index is 0.0326. The quantitative estimate of drug-likeness (QED) is 0.345. The van der Waals surface area contributed by atoms with E-state index in [1.807, 2.05) is 83.4 Å². The zero-order valence-electron chi connectivity index (χ0n) is 17.6. The number of amides is 1. The van der Waals surface area contributed by atoms with Crippen LogP contribution in [0.15, 0.2) is 84.0 Å². The van der Waals surface area contributed by atoms with Crippen molar-refractivity contribution in [3.63, 3.8) is 0 Å². The summed E-state index contributed by atoms with van der Waals surface area (Å²) < 4.78 is 7.28. The van der Waals surface area contributed by atoms with E-state index in [1.54, 1.807) is 19.1 Å². The molecule has 0 bridgehead atoms. The summed E-state index contributed by atoms with van der Waals surface area (Å²) >= 11 is 7.43. The van der Waals surface area contributed by atoms with Crippen LogP contribution >= 0.6 is 23.4 Å². The first kappa shape index (κ1) is 21.9. The van der Waals surface area contributed by atoms with Gasteiger partial charge in [0.2, 0.25) is 5.91 Å². The van der Waals surface area contributed by atoms with Crippen molar-refractivity contribution in [2.45, 2.75) is 5.16 Å². The normalized spacial score (nSPS) is 10.7. The Balaban J connectivity index is 1.65. The minimum Gasteiger partial charge on any atom is -0.497 e. The average Bonchev–Trinajstić information content (AvgIpc) is 3.27. The number of carbonyl (C=O) groups excluding carboxylic acids is 1. The number of anilines is 1. The molecule has 0 fully saturated rings. The lowest BCUT2D eigenvalue weighted by Crippen LogP contribution is -2.27. The Morgan fingerprint density at radius 2 is 1.78 bits per heavy atom. The largest absolute Gasteiger partial charge is 0.497 e. The summed E-state index contributed by atoms with van der Waals surface area (Å²) in [6.45, 7) is 0. The summed E-state index contributed by atoms with van der Waals surface area (Å²) in [7, 11) is 3.39. The first-order chi connectivity index (χ1) is 15.6. The third-order valence-electron chi connectivity index (χ3n) is 4.89. The number of methoxy groups -OCH3 is 1. The van der Waals surface area contributed by atoms with Gasteiger partial charge in [-0.25, -0.2) is 0 Å². The van der Waals surface area contributed by atoms with Crippen LogP contribution in [0.25, 0.3) is 17.1 Å². The van der Waals surface area contributed by atoms with E-state index in [4.69, 9.17) is 16.3 Å². The van der Waals surface area contributed by atoms with Crippen LogP contribution in [-0.2, 0) is 4.79 Å². The summed E-state index contributed by atoms with van der Waals surface area (Å²) in [5, 5.41) is 10.1. The highest BCUT2D eigenvalue weighted by Crippen LogP contribution is 2.30.